The lowest BCUT2D eigenvalue weighted by Gasteiger charge is -2.13. The largest absolute Gasteiger partial charge is 0.471 e. The van der Waals surface area contributed by atoms with Gasteiger partial charge in [-0.1, -0.05) is 41.9 Å². The third-order valence-corrected chi connectivity index (χ3v) is 3.48. The van der Waals surface area contributed by atoms with Gasteiger partial charge in [0.25, 0.3) is 0 Å². The lowest BCUT2D eigenvalue weighted by molar-refractivity contribution is -0.173. The van der Waals surface area contributed by atoms with E-state index in [-0.39, 0.29) is 18.9 Å². The number of nitrogens with one attached hydrogen (secondary N) is 2. The van der Waals surface area contributed by atoms with Crippen LogP contribution in [0.1, 0.15) is 11.1 Å². The number of benzene rings is 2. The summed E-state index contributed by atoms with van der Waals surface area (Å²) in [4.78, 5) is 23.0. The number of carbonyl (C=O) groups is 2. The van der Waals surface area contributed by atoms with Crippen LogP contribution in [-0.4, -0.2) is 18.0 Å². The molecule has 0 bridgehead atoms. The second kappa shape index (κ2) is 8.02. The van der Waals surface area contributed by atoms with Gasteiger partial charge in [0.1, 0.15) is 0 Å². The number of hydrogen-bond donors (Lipinski definition) is 2. The molecule has 0 radical (unpaired) electrons. The second-order valence-corrected chi connectivity index (χ2v) is 5.63. The SMILES string of the molecule is O=C(Cc1cccc(Cl)c1)Nc1ccccc1CNC(=O)C(F)(F)F. The van der Waals surface area contributed by atoms with Crippen molar-refractivity contribution in [2.45, 2.75) is 19.1 Å². The van der Waals surface area contributed by atoms with Gasteiger partial charge in [-0.2, -0.15) is 13.2 Å². The predicted octanol–water partition coefficient (Wildman–Crippen LogP) is 3.70. The molecule has 0 aliphatic carbocycles. The molecule has 2 aromatic rings. The quantitative estimate of drug-likeness (QED) is 0.843. The van der Waals surface area contributed by atoms with Crippen LogP contribution in [0, 0.1) is 0 Å². The van der Waals surface area contributed by atoms with E-state index in [1.807, 2.05) is 0 Å². The summed E-state index contributed by atoms with van der Waals surface area (Å²) in [5, 5.41) is 4.90. The Morgan fingerprint density at radius 2 is 1.76 bits per heavy atom. The molecule has 2 aromatic carbocycles. The minimum Gasteiger partial charge on any atom is -0.344 e. The fourth-order valence-corrected chi connectivity index (χ4v) is 2.31. The van der Waals surface area contributed by atoms with Crippen LogP contribution in [0.5, 0.6) is 0 Å². The molecule has 0 heterocycles. The van der Waals surface area contributed by atoms with Crippen LogP contribution in [0.2, 0.25) is 5.02 Å². The van der Waals surface area contributed by atoms with Crippen molar-refractivity contribution in [2.75, 3.05) is 5.32 Å². The average Bonchev–Trinajstić information content (AvgIpc) is 2.52. The van der Waals surface area contributed by atoms with Gasteiger partial charge in [0.05, 0.1) is 6.42 Å². The van der Waals surface area contributed by atoms with E-state index in [0.717, 1.165) is 0 Å². The highest BCUT2D eigenvalue weighted by atomic mass is 35.5. The molecule has 0 spiro atoms. The molecule has 0 atom stereocenters. The van der Waals surface area contributed by atoms with E-state index < -0.39 is 12.1 Å². The number of anilines is 1. The number of halogens is 4. The fraction of sp³-hybridized carbons (Fsp3) is 0.176. The van der Waals surface area contributed by atoms with Gasteiger partial charge in [-0.15, -0.1) is 0 Å². The molecule has 0 aliphatic rings. The lowest BCUT2D eigenvalue weighted by Crippen LogP contribution is -2.36. The van der Waals surface area contributed by atoms with Gasteiger partial charge in [0.15, 0.2) is 0 Å². The first-order chi connectivity index (χ1) is 11.8. The van der Waals surface area contributed by atoms with E-state index in [1.165, 1.54) is 6.07 Å². The molecule has 8 heteroatoms. The number of alkyl halides is 3. The monoisotopic (exact) mass is 370 g/mol. The van der Waals surface area contributed by atoms with Gasteiger partial charge < -0.3 is 10.6 Å². The molecular weight excluding hydrogens is 357 g/mol. The zero-order chi connectivity index (χ0) is 18.4. The zero-order valence-electron chi connectivity index (χ0n) is 12.9. The number of hydrogen-bond acceptors (Lipinski definition) is 2. The van der Waals surface area contributed by atoms with Gasteiger partial charge in [-0.25, -0.2) is 0 Å². The van der Waals surface area contributed by atoms with Crippen LogP contribution in [0.4, 0.5) is 18.9 Å². The highest BCUT2D eigenvalue weighted by Gasteiger charge is 2.38. The number of para-hydroxylation sites is 1. The fourth-order valence-electron chi connectivity index (χ4n) is 2.10. The van der Waals surface area contributed by atoms with Gasteiger partial charge in [0, 0.05) is 17.3 Å². The van der Waals surface area contributed by atoms with Crippen LogP contribution < -0.4 is 10.6 Å². The van der Waals surface area contributed by atoms with E-state index >= 15 is 0 Å². The van der Waals surface area contributed by atoms with E-state index in [9.17, 15) is 22.8 Å². The van der Waals surface area contributed by atoms with Crippen molar-refractivity contribution < 1.29 is 22.8 Å². The Bertz CT molecular complexity index is 778. The highest BCUT2D eigenvalue weighted by molar-refractivity contribution is 6.30. The van der Waals surface area contributed by atoms with E-state index in [2.05, 4.69) is 5.32 Å². The Morgan fingerprint density at radius 1 is 1.04 bits per heavy atom. The van der Waals surface area contributed by atoms with Gasteiger partial charge >= 0.3 is 12.1 Å². The van der Waals surface area contributed by atoms with Crippen LogP contribution in [0.25, 0.3) is 0 Å². The first-order valence-electron chi connectivity index (χ1n) is 7.23. The van der Waals surface area contributed by atoms with Crippen molar-refractivity contribution in [3.05, 3.63) is 64.7 Å². The molecule has 4 nitrogen and oxygen atoms in total. The van der Waals surface area contributed by atoms with Gasteiger partial charge in [-0.05, 0) is 29.3 Å². The van der Waals surface area contributed by atoms with Crippen molar-refractivity contribution in [1.82, 2.24) is 5.32 Å². The van der Waals surface area contributed by atoms with Crippen molar-refractivity contribution in [3.8, 4) is 0 Å². The Balaban J connectivity index is 2.02. The molecule has 0 fully saturated rings. The highest BCUT2D eigenvalue weighted by Crippen LogP contribution is 2.18. The molecule has 0 unspecified atom stereocenters. The Labute approximate surface area is 147 Å². The predicted molar refractivity (Wildman–Crippen MR) is 88.1 cm³/mol. The maximum atomic E-state index is 12.2. The molecule has 0 saturated heterocycles. The molecule has 25 heavy (non-hydrogen) atoms. The number of rotatable bonds is 5. The Morgan fingerprint density at radius 3 is 2.44 bits per heavy atom. The smallest absolute Gasteiger partial charge is 0.344 e. The zero-order valence-corrected chi connectivity index (χ0v) is 13.6. The van der Waals surface area contributed by atoms with Gasteiger partial charge in [0.2, 0.25) is 5.91 Å². The van der Waals surface area contributed by atoms with E-state index in [1.54, 1.807) is 47.8 Å². The lowest BCUT2D eigenvalue weighted by atomic mass is 10.1. The summed E-state index contributed by atoms with van der Waals surface area (Å²) in [7, 11) is 0. The summed E-state index contributed by atoms with van der Waals surface area (Å²) in [6.45, 7) is -0.355. The summed E-state index contributed by atoms with van der Waals surface area (Å²) < 4.78 is 36.7. The topological polar surface area (TPSA) is 58.2 Å². The van der Waals surface area contributed by atoms with E-state index in [0.29, 0.717) is 21.8 Å². The first kappa shape index (κ1) is 18.8. The van der Waals surface area contributed by atoms with Crippen LogP contribution >= 0.6 is 11.6 Å². The standard InChI is InChI=1S/C17H14ClF3N2O2/c18-13-6-3-4-11(8-13)9-15(24)23-14-7-2-1-5-12(14)10-22-16(25)17(19,20)21/h1-8H,9-10H2,(H,22,25)(H,23,24). The summed E-state index contributed by atoms with van der Waals surface area (Å²) in [5.74, 6) is -2.38. The summed E-state index contributed by atoms with van der Waals surface area (Å²) in [6, 6.07) is 13.1. The number of amides is 2. The minimum atomic E-state index is -4.95. The Kier molecular flexibility index (Phi) is 6.03. The summed E-state index contributed by atoms with van der Waals surface area (Å²) in [6.07, 6.45) is -4.89. The molecular formula is C17H14ClF3N2O2. The van der Waals surface area contributed by atoms with Crippen LogP contribution in [0.3, 0.4) is 0 Å². The molecule has 0 aliphatic heterocycles. The molecule has 132 valence electrons. The minimum absolute atomic E-state index is 0.0593. The summed E-state index contributed by atoms with van der Waals surface area (Å²) in [5.41, 5.74) is 1.39. The first-order valence-corrected chi connectivity index (χ1v) is 7.61. The molecule has 2 N–H and O–H groups in total. The average molecular weight is 371 g/mol. The third-order valence-electron chi connectivity index (χ3n) is 3.24. The van der Waals surface area contributed by atoms with E-state index in [4.69, 9.17) is 11.6 Å². The molecule has 2 rings (SSSR count). The molecule has 0 saturated carbocycles. The maximum absolute atomic E-state index is 12.2. The van der Waals surface area contributed by atoms with Crippen molar-refractivity contribution in [2.24, 2.45) is 0 Å². The number of carbonyl (C=O) groups excluding carboxylic acids is 2. The molecule has 0 aromatic heterocycles. The van der Waals surface area contributed by atoms with Crippen LogP contribution in [-0.2, 0) is 22.6 Å². The normalized spacial score (nSPS) is 11.0. The molecule has 2 amide bonds. The third kappa shape index (κ3) is 5.79. The maximum Gasteiger partial charge on any atom is 0.471 e. The van der Waals surface area contributed by atoms with Crippen LogP contribution in [0.15, 0.2) is 48.5 Å². The second-order valence-electron chi connectivity index (χ2n) is 5.19. The van der Waals surface area contributed by atoms with Crippen molar-refractivity contribution in [1.29, 1.82) is 0 Å². The summed E-state index contributed by atoms with van der Waals surface area (Å²) >= 11 is 5.86. The van der Waals surface area contributed by atoms with Gasteiger partial charge in [-0.3, -0.25) is 9.59 Å². The van der Waals surface area contributed by atoms with Crippen molar-refractivity contribution in [3.63, 3.8) is 0 Å². The Hall–Kier alpha value is -2.54. The van der Waals surface area contributed by atoms with Crippen molar-refractivity contribution >= 4 is 29.1 Å².